The zero-order valence-corrected chi connectivity index (χ0v) is 14.8. The van der Waals surface area contributed by atoms with Crippen LogP contribution in [0.1, 0.15) is 54.6 Å². The maximum absolute atomic E-state index is 13.5. The number of aliphatic hydroxyl groups is 1. The lowest BCUT2D eigenvalue weighted by Gasteiger charge is -2.31. The molecule has 1 N–H and O–H groups in total. The lowest BCUT2D eigenvalue weighted by Crippen LogP contribution is -2.41. The molecular formula is C21H24FNO3. The van der Waals surface area contributed by atoms with Crippen molar-refractivity contribution in [2.24, 2.45) is 0 Å². The summed E-state index contributed by atoms with van der Waals surface area (Å²) in [6, 6.07) is 14.4. The Kier molecular flexibility index (Phi) is 6.01. The van der Waals surface area contributed by atoms with E-state index >= 15 is 0 Å². The van der Waals surface area contributed by atoms with Gasteiger partial charge in [0.15, 0.2) is 0 Å². The largest absolute Gasteiger partial charge is 0.387 e. The first-order valence-corrected chi connectivity index (χ1v) is 9.09. The summed E-state index contributed by atoms with van der Waals surface area (Å²) >= 11 is 0. The number of carbonyl (C=O) groups is 1. The monoisotopic (exact) mass is 357 g/mol. The van der Waals surface area contributed by atoms with Crippen molar-refractivity contribution in [1.29, 1.82) is 0 Å². The van der Waals surface area contributed by atoms with Crippen molar-refractivity contribution in [2.75, 3.05) is 0 Å². The van der Waals surface area contributed by atoms with Gasteiger partial charge in [-0.2, -0.15) is 0 Å². The average Bonchev–Trinajstić information content (AvgIpc) is 3.04. The maximum Gasteiger partial charge on any atom is 0.357 e. The Labute approximate surface area is 153 Å². The molecule has 1 aliphatic rings. The summed E-state index contributed by atoms with van der Waals surface area (Å²) in [6.45, 7) is 2.08. The van der Waals surface area contributed by atoms with E-state index in [2.05, 4.69) is 6.92 Å². The van der Waals surface area contributed by atoms with Gasteiger partial charge in [0, 0.05) is 6.04 Å². The molecule has 26 heavy (non-hydrogen) atoms. The van der Waals surface area contributed by atoms with Gasteiger partial charge >= 0.3 is 5.97 Å². The minimum absolute atomic E-state index is 0.0564. The second-order valence-corrected chi connectivity index (χ2v) is 6.69. The molecule has 4 nitrogen and oxygen atoms in total. The molecule has 3 atom stereocenters. The molecule has 2 aromatic rings. The normalized spacial score (nSPS) is 21.5. The first kappa shape index (κ1) is 18.5. The summed E-state index contributed by atoms with van der Waals surface area (Å²) in [5.74, 6) is -0.831. The van der Waals surface area contributed by atoms with Gasteiger partial charge in [-0.05, 0) is 49.1 Å². The van der Waals surface area contributed by atoms with Crippen LogP contribution < -0.4 is 0 Å². The van der Waals surface area contributed by atoms with Crippen LogP contribution in [0.2, 0.25) is 0 Å². The summed E-state index contributed by atoms with van der Waals surface area (Å²) in [5.41, 5.74) is 0.960. The molecule has 1 aliphatic heterocycles. The fourth-order valence-corrected chi connectivity index (χ4v) is 3.57. The first-order valence-electron chi connectivity index (χ1n) is 9.09. The Hall–Kier alpha value is -2.24. The van der Waals surface area contributed by atoms with E-state index in [9.17, 15) is 14.3 Å². The zero-order valence-electron chi connectivity index (χ0n) is 14.8. The number of carbonyl (C=O) groups excluding carboxylic acids is 1. The molecule has 0 radical (unpaired) electrons. The third-order valence-electron chi connectivity index (χ3n) is 4.86. The minimum atomic E-state index is -0.920. The van der Waals surface area contributed by atoms with Crippen LogP contribution in [0.5, 0.6) is 0 Å². The fraction of sp³-hybridized carbons (Fsp3) is 0.381. The number of benzene rings is 2. The smallest absolute Gasteiger partial charge is 0.357 e. The molecule has 1 heterocycles. The van der Waals surface area contributed by atoms with Gasteiger partial charge in [-0.25, -0.2) is 9.18 Å². The lowest BCUT2D eigenvalue weighted by atomic mass is 10.0. The molecule has 1 saturated heterocycles. The van der Waals surface area contributed by atoms with Crippen LogP contribution in [-0.4, -0.2) is 28.2 Å². The third-order valence-corrected chi connectivity index (χ3v) is 4.86. The molecular weight excluding hydrogens is 333 g/mol. The third kappa shape index (κ3) is 4.11. The van der Waals surface area contributed by atoms with E-state index in [1.54, 1.807) is 41.5 Å². The van der Waals surface area contributed by atoms with Gasteiger partial charge in [0.1, 0.15) is 5.82 Å². The van der Waals surface area contributed by atoms with Crippen LogP contribution in [0.3, 0.4) is 0 Å². The van der Waals surface area contributed by atoms with Gasteiger partial charge in [0.05, 0.1) is 17.7 Å². The Morgan fingerprint density at radius 2 is 2.00 bits per heavy atom. The van der Waals surface area contributed by atoms with Gasteiger partial charge in [-0.1, -0.05) is 43.7 Å². The summed E-state index contributed by atoms with van der Waals surface area (Å²) in [4.78, 5) is 18.2. The molecule has 1 fully saturated rings. The molecule has 2 aromatic carbocycles. The first-order chi connectivity index (χ1) is 12.6. The van der Waals surface area contributed by atoms with Gasteiger partial charge in [0.25, 0.3) is 0 Å². The summed E-state index contributed by atoms with van der Waals surface area (Å²) in [6.07, 6.45) is 2.41. The van der Waals surface area contributed by atoms with Crippen molar-refractivity contribution < 1.29 is 19.1 Å². The number of aliphatic hydroxyl groups excluding tert-OH is 1. The van der Waals surface area contributed by atoms with Crippen LogP contribution in [0.15, 0.2) is 54.6 Å². The van der Waals surface area contributed by atoms with Gasteiger partial charge in [-0.3, -0.25) is 0 Å². The molecule has 5 heteroatoms. The average molecular weight is 357 g/mol. The fourth-order valence-electron chi connectivity index (χ4n) is 3.57. The van der Waals surface area contributed by atoms with Crippen LogP contribution in [-0.2, 0) is 4.84 Å². The van der Waals surface area contributed by atoms with Crippen molar-refractivity contribution >= 4 is 5.97 Å². The molecule has 0 bridgehead atoms. The van der Waals surface area contributed by atoms with E-state index in [1.165, 1.54) is 12.1 Å². The number of halogens is 1. The molecule has 0 saturated carbocycles. The summed E-state index contributed by atoms with van der Waals surface area (Å²) < 4.78 is 13.5. The highest BCUT2D eigenvalue weighted by atomic mass is 19.1. The second kappa shape index (κ2) is 8.43. The number of hydrogen-bond acceptors (Lipinski definition) is 4. The standard InChI is InChI=1S/C21H24FNO3/c1-2-7-18-12-13-19(20(24)16-10-6-11-17(22)14-16)23(18)26-21(25)15-8-4-3-5-9-15/h3-6,8-11,14,18-20,24H,2,7,12-13H2,1H3/t18-,19+,20-/m1/s1. The van der Waals surface area contributed by atoms with Crippen molar-refractivity contribution in [2.45, 2.75) is 50.8 Å². The molecule has 3 rings (SSSR count). The van der Waals surface area contributed by atoms with Gasteiger partial charge in [0.2, 0.25) is 0 Å². The van der Waals surface area contributed by atoms with E-state index in [0.29, 0.717) is 17.5 Å². The highest BCUT2D eigenvalue weighted by molar-refractivity contribution is 5.89. The molecule has 0 aromatic heterocycles. The van der Waals surface area contributed by atoms with E-state index in [1.807, 2.05) is 6.07 Å². The molecule has 0 unspecified atom stereocenters. The Bertz CT molecular complexity index is 737. The van der Waals surface area contributed by atoms with Crippen molar-refractivity contribution in [3.8, 4) is 0 Å². The van der Waals surface area contributed by atoms with Crippen molar-refractivity contribution in [3.63, 3.8) is 0 Å². The lowest BCUT2D eigenvalue weighted by molar-refractivity contribution is -0.166. The van der Waals surface area contributed by atoms with Crippen LogP contribution in [0.25, 0.3) is 0 Å². The molecule has 0 aliphatic carbocycles. The highest BCUT2D eigenvalue weighted by Gasteiger charge is 2.40. The maximum atomic E-state index is 13.5. The predicted octanol–water partition coefficient (Wildman–Crippen LogP) is 4.26. The van der Waals surface area contributed by atoms with E-state index in [-0.39, 0.29) is 12.1 Å². The van der Waals surface area contributed by atoms with Crippen molar-refractivity contribution in [3.05, 3.63) is 71.5 Å². The van der Waals surface area contributed by atoms with E-state index in [4.69, 9.17) is 4.84 Å². The Morgan fingerprint density at radius 1 is 1.23 bits per heavy atom. The van der Waals surface area contributed by atoms with Gasteiger partial charge in [-0.15, -0.1) is 5.06 Å². The van der Waals surface area contributed by atoms with Crippen LogP contribution in [0.4, 0.5) is 4.39 Å². The summed E-state index contributed by atoms with van der Waals surface area (Å²) in [7, 11) is 0. The van der Waals surface area contributed by atoms with E-state index < -0.39 is 17.9 Å². The topological polar surface area (TPSA) is 49.8 Å². The minimum Gasteiger partial charge on any atom is -0.387 e. The Morgan fingerprint density at radius 3 is 2.69 bits per heavy atom. The van der Waals surface area contributed by atoms with Crippen molar-refractivity contribution in [1.82, 2.24) is 5.06 Å². The highest BCUT2D eigenvalue weighted by Crippen LogP contribution is 2.35. The predicted molar refractivity (Wildman–Crippen MR) is 96.8 cm³/mol. The number of hydroxylamine groups is 2. The number of rotatable bonds is 6. The van der Waals surface area contributed by atoms with Gasteiger partial charge < -0.3 is 9.94 Å². The molecule has 0 spiro atoms. The quantitative estimate of drug-likeness (QED) is 0.839. The number of hydrogen-bond donors (Lipinski definition) is 1. The van der Waals surface area contributed by atoms with Crippen LogP contribution in [0, 0.1) is 5.82 Å². The molecule has 0 amide bonds. The molecule has 138 valence electrons. The Balaban J connectivity index is 1.80. The SMILES string of the molecule is CCC[C@@H]1CC[C@@H]([C@H](O)c2cccc(F)c2)N1OC(=O)c1ccccc1. The van der Waals surface area contributed by atoms with Crippen LogP contribution >= 0.6 is 0 Å². The van der Waals surface area contributed by atoms with E-state index in [0.717, 1.165) is 19.3 Å². The summed E-state index contributed by atoms with van der Waals surface area (Å²) in [5, 5.41) is 12.4. The number of nitrogens with zero attached hydrogens (tertiary/aromatic N) is 1. The second-order valence-electron chi connectivity index (χ2n) is 6.69. The zero-order chi connectivity index (χ0) is 18.5.